The number of carbonyl (C=O) groups is 1. The summed E-state index contributed by atoms with van der Waals surface area (Å²) >= 11 is -1.42. The van der Waals surface area contributed by atoms with Gasteiger partial charge in [0.2, 0.25) is 0 Å². The Hall–Kier alpha value is 0.200. The standard InChI is InChI=1S/C12H23IO2/c1-3-15-12(14)13(2)10-9-11-7-5-4-6-8-11/h11H,3-10H2,1-2H3. The van der Waals surface area contributed by atoms with Gasteiger partial charge in [0.1, 0.15) is 0 Å². The fraction of sp³-hybridized carbons (Fsp3) is 0.917. The van der Waals surface area contributed by atoms with Crippen LogP contribution in [0.2, 0.25) is 0 Å². The molecular weight excluding hydrogens is 303 g/mol. The molecule has 0 radical (unpaired) electrons. The van der Waals surface area contributed by atoms with Gasteiger partial charge in [-0.05, 0) is 0 Å². The molecule has 0 heterocycles. The first-order chi connectivity index (χ1) is 7.24. The van der Waals surface area contributed by atoms with Crippen molar-refractivity contribution in [3.63, 3.8) is 0 Å². The van der Waals surface area contributed by atoms with E-state index in [0.717, 1.165) is 10.3 Å². The molecule has 0 bridgehead atoms. The maximum atomic E-state index is 11.5. The molecule has 1 aliphatic rings. The van der Waals surface area contributed by atoms with Crippen LogP contribution < -0.4 is 0 Å². The van der Waals surface area contributed by atoms with Crippen molar-refractivity contribution < 1.29 is 9.53 Å². The van der Waals surface area contributed by atoms with E-state index in [2.05, 4.69) is 4.93 Å². The Morgan fingerprint density at radius 2 is 2.00 bits per heavy atom. The number of carbonyl (C=O) groups excluding carboxylic acids is 1. The first-order valence-electron chi connectivity index (χ1n) is 5.96. The number of alkyl halides is 2. The van der Waals surface area contributed by atoms with E-state index < -0.39 is 19.8 Å². The molecular formula is C12H23IO2. The Labute approximate surface area is 101 Å². The predicted octanol–water partition coefficient (Wildman–Crippen LogP) is 4.25. The third-order valence-corrected chi connectivity index (χ3v) is 7.10. The van der Waals surface area contributed by atoms with Gasteiger partial charge in [0.15, 0.2) is 0 Å². The predicted molar refractivity (Wildman–Crippen MR) is 73.0 cm³/mol. The van der Waals surface area contributed by atoms with Crippen LogP contribution >= 0.6 is 19.8 Å². The molecule has 0 aromatic carbocycles. The first kappa shape index (κ1) is 13.3. The van der Waals surface area contributed by atoms with Crippen molar-refractivity contribution in [3.05, 3.63) is 0 Å². The third kappa shape index (κ3) is 5.18. The molecule has 1 rings (SSSR count). The van der Waals surface area contributed by atoms with Gasteiger partial charge in [-0.1, -0.05) is 0 Å². The Kier molecular flexibility index (Phi) is 6.61. The van der Waals surface area contributed by atoms with E-state index in [4.69, 9.17) is 4.74 Å². The summed E-state index contributed by atoms with van der Waals surface area (Å²) in [5.41, 5.74) is 0. The third-order valence-electron chi connectivity index (χ3n) is 3.05. The molecule has 0 unspecified atom stereocenters. The molecule has 0 aromatic rings. The number of halogens is 1. The van der Waals surface area contributed by atoms with E-state index in [1.165, 1.54) is 38.5 Å². The van der Waals surface area contributed by atoms with Crippen LogP contribution in [0.15, 0.2) is 0 Å². The minimum atomic E-state index is -1.42. The molecule has 1 saturated carbocycles. The second kappa shape index (κ2) is 7.47. The molecule has 0 amide bonds. The summed E-state index contributed by atoms with van der Waals surface area (Å²) in [4.78, 5) is 13.6. The molecule has 2 nitrogen and oxygen atoms in total. The van der Waals surface area contributed by atoms with Crippen molar-refractivity contribution in [1.29, 1.82) is 0 Å². The number of hydrogen-bond donors (Lipinski definition) is 0. The Balaban J connectivity index is 2.14. The van der Waals surface area contributed by atoms with Gasteiger partial charge >= 0.3 is 101 Å². The van der Waals surface area contributed by atoms with Crippen LogP contribution in [0.1, 0.15) is 45.4 Å². The molecule has 3 heteroatoms. The van der Waals surface area contributed by atoms with Crippen molar-refractivity contribution in [2.45, 2.75) is 45.4 Å². The van der Waals surface area contributed by atoms with Crippen LogP contribution in [0, 0.1) is 5.92 Å². The van der Waals surface area contributed by atoms with E-state index in [-0.39, 0.29) is 3.98 Å². The van der Waals surface area contributed by atoms with Gasteiger partial charge in [0, 0.05) is 0 Å². The molecule has 1 aliphatic carbocycles. The molecule has 0 atom stereocenters. The van der Waals surface area contributed by atoms with E-state index in [1.54, 1.807) is 0 Å². The maximum absolute atomic E-state index is 11.5. The van der Waals surface area contributed by atoms with E-state index in [1.807, 2.05) is 6.92 Å². The van der Waals surface area contributed by atoms with Crippen LogP contribution in [0.5, 0.6) is 0 Å². The van der Waals surface area contributed by atoms with Crippen molar-refractivity contribution in [1.82, 2.24) is 0 Å². The normalized spacial score (nSPS) is 18.7. The Morgan fingerprint density at radius 1 is 1.33 bits per heavy atom. The molecule has 0 N–H and O–H groups in total. The monoisotopic (exact) mass is 326 g/mol. The zero-order chi connectivity index (χ0) is 11.1. The molecule has 0 aliphatic heterocycles. The summed E-state index contributed by atoms with van der Waals surface area (Å²) in [5, 5.41) is 0. The zero-order valence-corrected chi connectivity index (χ0v) is 12.1. The van der Waals surface area contributed by atoms with Gasteiger partial charge < -0.3 is 0 Å². The summed E-state index contributed by atoms with van der Waals surface area (Å²) in [7, 11) is 0. The van der Waals surface area contributed by atoms with Gasteiger partial charge in [-0.25, -0.2) is 0 Å². The van der Waals surface area contributed by atoms with Crippen molar-refractivity contribution >= 4 is 23.8 Å². The van der Waals surface area contributed by atoms with Crippen LogP contribution in [0.25, 0.3) is 0 Å². The average molecular weight is 326 g/mol. The second-order valence-corrected chi connectivity index (χ2v) is 9.57. The van der Waals surface area contributed by atoms with Gasteiger partial charge in [0.25, 0.3) is 0 Å². The van der Waals surface area contributed by atoms with E-state index in [0.29, 0.717) is 6.61 Å². The summed E-state index contributed by atoms with van der Waals surface area (Å²) in [5.74, 6) is 0.910. The number of hydrogen-bond acceptors (Lipinski definition) is 2. The number of rotatable bonds is 5. The zero-order valence-electron chi connectivity index (χ0n) is 9.93. The Bertz CT molecular complexity index is 188. The van der Waals surface area contributed by atoms with E-state index >= 15 is 0 Å². The van der Waals surface area contributed by atoms with Crippen molar-refractivity contribution in [2.24, 2.45) is 5.92 Å². The quantitative estimate of drug-likeness (QED) is 0.429. The average Bonchev–Trinajstić information content (AvgIpc) is 2.27. The minimum absolute atomic E-state index is 0.137. The molecule has 0 aromatic heterocycles. The van der Waals surface area contributed by atoms with Crippen LogP contribution in [-0.2, 0) is 4.74 Å². The molecule has 0 spiro atoms. The Morgan fingerprint density at radius 3 is 2.60 bits per heavy atom. The molecule has 0 saturated heterocycles. The van der Waals surface area contributed by atoms with Gasteiger partial charge in [0.05, 0.1) is 0 Å². The first-order valence-corrected chi connectivity index (χ1v) is 10.7. The van der Waals surface area contributed by atoms with Crippen LogP contribution in [0.3, 0.4) is 0 Å². The fourth-order valence-corrected chi connectivity index (χ4v) is 5.18. The van der Waals surface area contributed by atoms with Gasteiger partial charge in [-0.3, -0.25) is 0 Å². The summed E-state index contributed by atoms with van der Waals surface area (Å²) in [6.07, 6.45) is 8.30. The fourth-order valence-electron chi connectivity index (χ4n) is 2.08. The molecule has 90 valence electrons. The number of ether oxygens (including phenoxy) is 1. The SMILES string of the molecule is CCOC(=O)I(C)CCC1CCCCC1. The van der Waals surface area contributed by atoms with Gasteiger partial charge in [-0.2, -0.15) is 0 Å². The topological polar surface area (TPSA) is 26.3 Å². The molecule has 15 heavy (non-hydrogen) atoms. The van der Waals surface area contributed by atoms with Crippen LogP contribution in [-0.4, -0.2) is 19.9 Å². The van der Waals surface area contributed by atoms with Crippen LogP contribution in [0.4, 0.5) is 4.79 Å². The van der Waals surface area contributed by atoms with Crippen molar-refractivity contribution in [3.8, 4) is 0 Å². The van der Waals surface area contributed by atoms with Gasteiger partial charge in [-0.15, -0.1) is 0 Å². The summed E-state index contributed by atoms with van der Waals surface area (Å²) in [6.45, 7) is 2.44. The summed E-state index contributed by atoms with van der Waals surface area (Å²) in [6, 6.07) is 0. The van der Waals surface area contributed by atoms with E-state index in [9.17, 15) is 4.79 Å². The molecule has 1 fully saturated rings. The second-order valence-electron chi connectivity index (χ2n) is 4.24. The summed E-state index contributed by atoms with van der Waals surface area (Å²) < 4.78 is 6.37. The van der Waals surface area contributed by atoms with Crippen molar-refractivity contribution in [2.75, 3.05) is 16.0 Å².